The minimum absolute atomic E-state index is 0.250. The van der Waals surface area contributed by atoms with E-state index < -0.39 is 6.03 Å². The van der Waals surface area contributed by atoms with Crippen LogP contribution in [-0.4, -0.2) is 23.9 Å². The Kier molecular flexibility index (Phi) is 3.76. The molecule has 48 valence electrons. The molecule has 0 radical (unpaired) electrons. The van der Waals surface area contributed by atoms with Gasteiger partial charge in [0.05, 0.1) is 0 Å². The molecule has 1 heterocycles. The van der Waals surface area contributed by atoms with E-state index in [0.717, 1.165) is 6.34 Å². The van der Waals surface area contributed by atoms with Gasteiger partial charge in [-0.2, -0.15) is 4.99 Å². The first kappa shape index (κ1) is 7.41. The summed E-state index contributed by atoms with van der Waals surface area (Å²) in [5.41, 5.74) is 0. The third kappa shape index (κ3) is 4.26. The number of carboxylic acid groups (broad SMARTS) is 1. The number of rotatable bonds is 0. The molecule has 9 heavy (non-hydrogen) atoms. The van der Waals surface area contributed by atoms with Crippen molar-refractivity contribution in [2.75, 3.05) is 0 Å². The van der Waals surface area contributed by atoms with Gasteiger partial charge in [-0.3, -0.25) is 4.79 Å². The Hall–Kier alpha value is -1.59. The van der Waals surface area contributed by atoms with E-state index in [0.29, 0.717) is 0 Å². The zero-order chi connectivity index (χ0) is 7.11. The third-order valence-electron chi connectivity index (χ3n) is 0.363. The summed E-state index contributed by atoms with van der Waals surface area (Å²) in [5.74, 6) is 0. The predicted octanol–water partition coefficient (Wildman–Crippen LogP) is 0.301. The van der Waals surface area contributed by atoms with E-state index in [2.05, 4.69) is 15.2 Å². The SMILES string of the molecule is O=C1N=CN=N1.O=CO. The van der Waals surface area contributed by atoms with Crippen LogP contribution >= 0.6 is 0 Å². The molecule has 2 amide bonds. The van der Waals surface area contributed by atoms with Crippen molar-refractivity contribution in [1.82, 2.24) is 0 Å². The molecule has 1 N–H and O–H groups in total. The fourth-order valence-corrected chi connectivity index (χ4v) is 0.176. The number of hydrogen-bond acceptors (Lipinski definition) is 3. The second kappa shape index (κ2) is 4.57. The number of urea groups is 1. The molecule has 0 aromatic heterocycles. The van der Waals surface area contributed by atoms with E-state index in [-0.39, 0.29) is 6.47 Å². The second-order valence-corrected chi connectivity index (χ2v) is 0.848. The second-order valence-electron chi connectivity index (χ2n) is 0.848. The maximum atomic E-state index is 9.78. The molecule has 0 aromatic carbocycles. The van der Waals surface area contributed by atoms with Gasteiger partial charge in [-0.15, -0.1) is 5.11 Å². The first-order valence-electron chi connectivity index (χ1n) is 1.86. The molecule has 0 saturated heterocycles. The van der Waals surface area contributed by atoms with Crippen molar-refractivity contribution in [3.63, 3.8) is 0 Å². The summed E-state index contributed by atoms with van der Waals surface area (Å²) in [6, 6.07) is -0.519. The molecule has 0 unspecified atom stereocenters. The minimum atomic E-state index is -0.519. The Balaban J connectivity index is 0.000000187. The molecule has 0 saturated carbocycles. The predicted molar refractivity (Wildman–Crippen MR) is 27.4 cm³/mol. The molecule has 6 heteroatoms. The molecule has 0 aromatic rings. The van der Waals surface area contributed by atoms with E-state index in [1.165, 1.54) is 0 Å². The van der Waals surface area contributed by atoms with Crippen LogP contribution in [0.1, 0.15) is 0 Å². The first-order valence-corrected chi connectivity index (χ1v) is 1.86. The molecular formula is C3H3N3O3. The topological polar surface area (TPSA) is 91.5 Å². The van der Waals surface area contributed by atoms with Gasteiger partial charge in [0, 0.05) is 0 Å². The third-order valence-corrected chi connectivity index (χ3v) is 0.363. The lowest BCUT2D eigenvalue weighted by atomic mass is 11.1. The fourth-order valence-electron chi connectivity index (χ4n) is 0.176. The summed E-state index contributed by atoms with van der Waals surface area (Å²) in [6.07, 6.45) is 1.11. The fraction of sp³-hybridized carbons (Fsp3) is 0. The molecule has 0 fully saturated rings. The van der Waals surface area contributed by atoms with E-state index in [1.54, 1.807) is 0 Å². The Morgan fingerprint density at radius 2 is 2.22 bits per heavy atom. The van der Waals surface area contributed by atoms with E-state index in [4.69, 9.17) is 9.90 Å². The number of azo groups is 1. The summed E-state index contributed by atoms with van der Waals surface area (Å²) in [6.45, 7) is -0.250. The number of aliphatic imine (C=N–C) groups is 1. The van der Waals surface area contributed by atoms with Crippen molar-refractivity contribution >= 4 is 18.8 Å². The Labute approximate surface area is 49.9 Å². The highest BCUT2D eigenvalue weighted by molar-refractivity contribution is 5.87. The maximum Gasteiger partial charge on any atom is 0.387 e. The lowest BCUT2D eigenvalue weighted by Crippen LogP contribution is -1.70. The Morgan fingerprint density at radius 3 is 2.33 bits per heavy atom. The molecule has 6 nitrogen and oxygen atoms in total. The van der Waals surface area contributed by atoms with Crippen LogP contribution in [0, 0.1) is 0 Å². The highest BCUT2D eigenvalue weighted by Crippen LogP contribution is 1.87. The average Bonchev–Trinajstić information content (AvgIpc) is 2.20. The number of carbonyl (C=O) groups excluding carboxylic acids is 1. The van der Waals surface area contributed by atoms with Crippen molar-refractivity contribution in [3.05, 3.63) is 0 Å². The van der Waals surface area contributed by atoms with Crippen LogP contribution in [0.2, 0.25) is 0 Å². The Bertz CT molecular complexity index is 148. The lowest BCUT2D eigenvalue weighted by molar-refractivity contribution is -0.122. The Morgan fingerprint density at radius 1 is 1.67 bits per heavy atom. The van der Waals surface area contributed by atoms with Crippen molar-refractivity contribution in [3.8, 4) is 0 Å². The molecule has 0 bridgehead atoms. The molecule has 1 aliphatic heterocycles. The van der Waals surface area contributed by atoms with Gasteiger partial charge >= 0.3 is 6.03 Å². The summed E-state index contributed by atoms with van der Waals surface area (Å²) < 4.78 is 0. The van der Waals surface area contributed by atoms with Gasteiger partial charge in [0.15, 0.2) is 0 Å². The largest absolute Gasteiger partial charge is 0.483 e. The summed E-state index contributed by atoms with van der Waals surface area (Å²) in [4.78, 5) is 21.3. The van der Waals surface area contributed by atoms with Gasteiger partial charge < -0.3 is 5.11 Å². The van der Waals surface area contributed by atoms with Crippen molar-refractivity contribution < 1.29 is 14.7 Å². The monoisotopic (exact) mass is 129 g/mol. The summed E-state index contributed by atoms with van der Waals surface area (Å²) in [5, 5.41) is 13.0. The normalized spacial score (nSPS) is 12.7. The van der Waals surface area contributed by atoms with Gasteiger partial charge in [0.2, 0.25) is 0 Å². The molecule has 0 spiro atoms. The highest BCUT2D eigenvalue weighted by atomic mass is 16.3. The van der Waals surface area contributed by atoms with Gasteiger partial charge in [0.1, 0.15) is 6.34 Å². The quantitative estimate of drug-likeness (QED) is 0.476. The zero-order valence-electron chi connectivity index (χ0n) is 4.26. The first-order chi connectivity index (χ1) is 4.31. The number of hydrogen-bond donors (Lipinski definition) is 1. The van der Waals surface area contributed by atoms with Crippen LogP contribution in [0.25, 0.3) is 0 Å². The summed E-state index contributed by atoms with van der Waals surface area (Å²) >= 11 is 0. The van der Waals surface area contributed by atoms with E-state index in [9.17, 15) is 4.79 Å². The number of nitrogens with zero attached hydrogens (tertiary/aromatic N) is 3. The van der Waals surface area contributed by atoms with Gasteiger partial charge in [-0.25, -0.2) is 4.79 Å². The van der Waals surface area contributed by atoms with Crippen LogP contribution in [0.3, 0.4) is 0 Å². The maximum absolute atomic E-state index is 9.78. The van der Waals surface area contributed by atoms with E-state index >= 15 is 0 Å². The molecule has 1 aliphatic rings. The lowest BCUT2D eigenvalue weighted by Gasteiger charge is -1.58. The molecular weight excluding hydrogens is 126 g/mol. The molecule has 0 atom stereocenters. The minimum Gasteiger partial charge on any atom is -0.483 e. The van der Waals surface area contributed by atoms with Gasteiger partial charge in [-0.05, 0) is 0 Å². The summed E-state index contributed by atoms with van der Waals surface area (Å²) in [7, 11) is 0. The van der Waals surface area contributed by atoms with Crippen LogP contribution in [0.15, 0.2) is 15.2 Å². The van der Waals surface area contributed by atoms with Crippen LogP contribution in [0.5, 0.6) is 0 Å². The standard InChI is InChI=1S/C2HN3O.CH2O2/c6-2-3-1-4-5-2;2-1-3/h1H;1H,(H,2,3). The van der Waals surface area contributed by atoms with Crippen LogP contribution < -0.4 is 0 Å². The molecule has 1 rings (SSSR count). The molecule has 0 aliphatic carbocycles. The highest BCUT2D eigenvalue weighted by Gasteiger charge is 1.93. The van der Waals surface area contributed by atoms with Crippen LogP contribution in [-0.2, 0) is 4.79 Å². The number of amides is 2. The van der Waals surface area contributed by atoms with Crippen molar-refractivity contribution in [1.29, 1.82) is 0 Å². The van der Waals surface area contributed by atoms with E-state index in [1.807, 2.05) is 0 Å². The van der Waals surface area contributed by atoms with Gasteiger partial charge in [0.25, 0.3) is 6.47 Å². The zero-order valence-corrected chi connectivity index (χ0v) is 4.26. The number of carbonyl (C=O) groups is 2. The smallest absolute Gasteiger partial charge is 0.387 e. The average molecular weight is 129 g/mol. The van der Waals surface area contributed by atoms with Gasteiger partial charge in [-0.1, -0.05) is 5.11 Å². The van der Waals surface area contributed by atoms with Crippen molar-refractivity contribution in [2.24, 2.45) is 15.2 Å². The van der Waals surface area contributed by atoms with Crippen LogP contribution in [0.4, 0.5) is 4.79 Å². The van der Waals surface area contributed by atoms with Crippen molar-refractivity contribution in [2.45, 2.75) is 0 Å².